The first-order valence-electron chi connectivity index (χ1n) is 12.9. The zero-order valence-electron chi connectivity index (χ0n) is 21.1. The highest BCUT2D eigenvalue weighted by atomic mass is 16.6. The second-order valence-electron chi connectivity index (χ2n) is 9.40. The molecule has 0 radical (unpaired) electrons. The number of nitrogens with zero attached hydrogens (tertiary/aromatic N) is 4. The van der Waals surface area contributed by atoms with Crippen molar-refractivity contribution in [3.05, 3.63) is 0 Å². The number of hydrogen-bond donors (Lipinski definition) is 0. The first-order valence-corrected chi connectivity index (χ1v) is 12.9. The number of piperidine rings is 1. The summed E-state index contributed by atoms with van der Waals surface area (Å²) in [6, 6.07) is -0.625. The van der Waals surface area contributed by atoms with Gasteiger partial charge in [-0.2, -0.15) is 0 Å². The zero-order valence-corrected chi connectivity index (χ0v) is 21.1. The van der Waals surface area contributed by atoms with Crippen LogP contribution in [0, 0.1) is 5.92 Å². The number of rotatable bonds is 11. The van der Waals surface area contributed by atoms with Gasteiger partial charge in [0, 0.05) is 39.3 Å². The third-order valence-electron chi connectivity index (χ3n) is 7.12. The summed E-state index contributed by atoms with van der Waals surface area (Å²) in [7, 11) is 0. The summed E-state index contributed by atoms with van der Waals surface area (Å²) in [4.78, 5) is 45.5. The van der Waals surface area contributed by atoms with Crippen LogP contribution in [0.15, 0.2) is 0 Å². The molecule has 3 rings (SSSR count). The molecule has 3 heterocycles. The monoisotopic (exact) mass is 482 g/mol. The molecule has 3 aliphatic heterocycles. The fraction of sp³-hybridized carbons (Fsp3) is 0.875. The molecule has 0 aromatic heterocycles. The minimum absolute atomic E-state index is 0.000939. The van der Waals surface area contributed by atoms with Gasteiger partial charge in [-0.15, -0.1) is 0 Å². The van der Waals surface area contributed by atoms with Crippen LogP contribution in [0.25, 0.3) is 0 Å². The van der Waals surface area contributed by atoms with Crippen molar-refractivity contribution in [2.75, 3.05) is 78.7 Å². The predicted octanol–water partition coefficient (Wildman–Crippen LogP) is 1.04. The van der Waals surface area contributed by atoms with Gasteiger partial charge in [-0.3, -0.25) is 19.4 Å². The third-order valence-corrected chi connectivity index (χ3v) is 7.12. The Labute approximate surface area is 203 Å². The van der Waals surface area contributed by atoms with E-state index in [4.69, 9.17) is 14.2 Å². The molecule has 194 valence electrons. The van der Waals surface area contributed by atoms with Gasteiger partial charge in [-0.25, -0.2) is 4.79 Å². The largest absolute Gasteiger partial charge is 0.466 e. The summed E-state index contributed by atoms with van der Waals surface area (Å²) in [6.45, 7) is 14.5. The lowest BCUT2D eigenvalue weighted by atomic mass is 9.96. The number of likely N-dealkylation sites (tertiary alicyclic amines) is 1. The molecule has 3 saturated heterocycles. The van der Waals surface area contributed by atoms with Crippen molar-refractivity contribution >= 4 is 18.0 Å². The summed E-state index contributed by atoms with van der Waals surface area (Å²) < 4.78 is 15.9. The Kier molecular flexibility index (Phi) is 10.4. The average molecular weight is 483 g/mol. The lowest BCUT2D eigenvalue weighted by molar-refractivity contribution is -0.157. The molecular weight excluding hydrogens is 440 g/mol. The summed E-state index contributed by atoms with van der Waals surface area (Å²) in [5.41, 5.74) is 0. The van der Waals surface area contributed by atoms with Crippen LogP contribution >= 0.6 is 0 Å². The van der Waals surface area contributed by atoms with E-state index in [0.717, 1.165) is 52.1 Å². The number of esters is 2. The maximum Gasteiger partial charge on any atom is 0.410 e. The fourth-order valence-electron chi connectivity index (χ4n) is 5.14. The maximum atomic E-state index is 12.5. The minimum atomic E-state index is -0.625. The van der Waals surface area contributed by atoms with Crippen molar-refractivity contribution < 1.29 is 28.6 Å². The number of cyclic esters (lactones) is 1. The Morgan fingerprint density at radius 2 is 1.62 bits per heavy atom. The van der Waals surface area contributed by atoms with Crippen LogP contribution in [0.5, 0.6) is 0 Å². The topological polar surface area (TPSA) is 91.9 Å². The summed E-state index contributed by atoms with van der Waals surface area (Å²) in [5, 5.41) is 0. The van der Waals surface area contributed by atoms with Crippen LogP contribution in [0.1, 0.15) is 40.0 Å². The molecule has 0 aliphatic carbocycles. The number of amides is 1. The highest BCUT2D eigenvalue weighted by Crippen LogP contribution is 2.22. The number of carbonyl (C=O) groups is 3. The van der Waals surface area contributed by atoms with Crippen LogP contribution < -0.4 is 0 Å². The molecule has 1 amide bonds. The van der Waals surface area contributed by atoms with E-state index in [2.05, 4.69) is 16.7 Å². The Morgan fingerprint density at radius 3 is 2.24 bits per heavy atom. The first kappa shape index (κ1) is 26.7. The molecule has 2 atom stereocenters. The Balaban J connectivity index is 1.43. The molecular formula is C24H42N4O6. The zero-order chi connectivity index (χ0) is 24.5. The first-order chi connectivity index (χ1) is 16.4. The lowest BCUT2D eigenvalue weighted by Crippen LogP contribution is -2.54. The molecule has 3 fully saturated rings. The lowest BCUT2D eigenvalue weighted by Gasteiger charge is -2.38. The van der Waals surface area contributed by atoms with Gasteiger partial charge in [-0.1, -0.05) is 6.92 Å². The molecule has 0 aromatic carbocycles. The van der Waals surface area contributed by atoms with Gasteiger partial charge in [0.15, 0.2) is 0 Å². The van der Waals surface area contributed by atoms with E-state index < -0.39 is 6.04 Å². The second kappa shape index (κ2) is 13.3. The van der Waals surface area contributed by atoms with Crippen LogP contribution in [-0.4, -0.2) is 128 Å². The molecule has 0 bridgehead atoms. The fourth-order valence-corrected chi connectivity index (χ4v) is 5.14. The van der Waals surface area contributed by atoms with Gasteiger partial charge >= 0.3 is 18.0 Å². The molecule has 0 N–H and O–H groups in total. The standard InChI is InChI=1S/C24H42N4O6/c1-4-25-9-7-19(8-10-25)16-28-18-20(34-24(28)31)17-26-11-13-27(14-12-26)21(23(30)33-6-3)15-22(29)32-5-2/h19-21H,4-18H2,1-3H3. The van der Waals surface area contributed by atoms with Crippen molar-refractivity contribution in [1.82, 2.24) is 19.6 Å². The van der Waals surface area contributed by atoms with Gasteiger partial charge in [-0.05, 0) is 52.2 Å². The number of hydrogen-bond acceptors (Lipinski definition) is 9. The van der Waals surface area contributed by atoms with Crippen molar-refractivity contribution in [3.8, 4) is 0 Å². The molecule has 2 unspecified atom stereocenters. The number of carbonyl (C=O) groups excluding carboxylic acids is 3. The van der Waals surface area contributed by atoms with E-state index in [-0.39, 0.29) is 43.8 Å². The van der Waals surface area contributed by atoms with E-state index in [1.165, 1.54) is 0 Å². The van der Waals surface area contributed by atoms with Gasteiger partial charge in [0.2, 0.25) is 0 Å². The van der Waals surface area contributed by atoms with Crippen LogP contribution in [0.4, 0.5) is 4.79 Å². The maximum absolute atomic E-state index is 12.5. The highest BCUT2D eigenvalue weighted by Gasteiger charge is 2.37. The smallest absolute Gasteiger partial charge is 0.410 e. The SMILES string of the molecule is CCOC(=O)CC(C(=O)OCC)N1CCN(CC2CN(CC3CCN(CC)CC3)C(=O)O2)CC1. The molecule has 10 heteroatoms. The Bertz CT molecular complexity index is 676. The minimum Gasteiger partial charge on any atom is -0.466 e. The Morgan fingerprint density at radius 1 is 0.941 bits per heavy atom. The second-order valence-corrected chi connectivity index (χ2v) is 9.40. The van der Waals surface area contributed by atoms with Gasteiger partial charge in [0.25, 0.3) is 0 Å². The van der Waals surface area contributed by atoms with E-state index in [1.807, 2.05) is 9.80 Å². The van der Waals surface area contributed by atoms with E-state index in [1.54, 1.807) is 13.8 Å². The van der Waals surface area contributed by atoms with Crippen molar-refractivity contribution in [3.63, 3.8) is 0 Å². The highest BCUT2D eigenvalue weighted by molar-refractivity contribution is 5.82. The van der Waals surface area contributed by atoms with Crippen molar-refractivity contribution in [1.29, 1.82) is 0 Å². The van der Waals surface area contributed by atoms with Crippen molar-refractivity contribution in [2.45, 2.75) is 52.2 Å². The average Bonchev–Trinajstić information content (AvgIpc) is 3.17. The quantitative estimate of drug-likeness (QED) is 0.316. The van der Waals surface area contributed by atoms with Gasteiger partial charge in [0.1, 0.15) is 12.1 Å². The molecule has 10 nitrogen and oxygen atoms in total. The summed E-state index contributed by atoms with van der Waals surface area (Å²) in [6.07, 6.45) is 1.95. The summed E-state index contributed by atoms with van der Waals surface area (Å²) >= 11 is 0. The molecule has 0 saturated carbocycles. The van der Waals surface area contributed by atoms with E-state index >= 15 is 0 Å². The normalized spacial score (nSPS) is 24.1. The molecule has 0 aromatic rings. The van der Waals surface area contributed by atoms with Gasteiger partial charge in [0.05, 0.1) is 26.2 Å². The third kappa shape index (κ3) is 7.55. The summed E-state index contributed by atoms with van der Waals surface area (Å²) in [5.74, 6) is -0.215. The Hall–Kier alpha value is -1.91. The van der Waals surface area contributed by atoms with Crippen LogP contribution in [-0.2, 0) is 23.8 Å². The number of ether oxygens (including phenoxy) is 3. The number of piperazine rings is 1. The van der Waals surface area contributed by atoms with E-state index in [0.29, 0.717) is 32.1 Å². The predicted molar refractivity (Wildman–Crippen MR) is 126 cm³/mol. The molecule has 3 aliphatic rings. The van der Waals surface area contributed by atoms with Crippen molar-refractivity contribution in [2.24, 2.45) is 5.92 Å². The van der Waals surface area contributed by atoms with Crippen LogP contribution in [0.2, 0.25) is 0 Å². The molecule has 34 heavy (non-hydrogen) atoms. The van der Waals surface area contributed by atoms with E-state index in [9.17, 15) is 14.4 Å². The van der Waals surface area contributed by atoms with Crippen LogP contribution in [0.3, 0.4) is 0 Å². The van der Waals surface area contributed by atoms with Gasteiger partial charge < -0.3 is 24.0 Å². The molecule has 0 spiro atoms.